The average molecular weight is 264 g/mol. The number of imidazole rings is 1. The molecule has 0 saturated heterocycles. The molecule has 1 aromatic heterocycles. The van der Waals surface area contributed by atoms with E-state index < -0.39 is 0 Å². The number of amides is 1. The van der Waals surface area contributed by atoms with E-state index in [-0.39, 0.29) is 18.0 Å². The monoisotopic (exact) mass is 264 g/mol. The molecule has 2 rings (SSSR count). The normalized spacial score (nSPS) is 24.9. The lowest BCUT2D eigenvalue weighted by Crippen LogP contribution is -2.40. The molecule has 5 heteroatoms. The Kier molecular flexibility index (Phi) is 4.96. The summed E-state index contributed by atoms with van der Waals surface area (Å²) in [6, 6.07) is 0.310. The van der Waals surface area contributed by atoms with Gasteiger partial charge in [-0.05, 0) is 25.7 Å². The third-order valence-corrected chi connectivity index (χ3v) is 3.87. The number of nitrogens with one attached hydrogen (secondary N) is 1. The molecule has 1 fully saturated rings. The first-order chi connectivity index (χ1) is 9.15. The van der Waals surface area contributed by atoms with Gasteiger partial charge in [0.05, 0.1) is 6.33 Å². The molecule has 3 N–H and O–H groups in total. The fraction of sp³-hybridized carbons (Fsp3) is 0.714. The van der Waals surface area contributed by atoms with Gasteiger partial charge < -0.3 is 15.6 Å². The van der Waals surface area contributed by atoms with Crippen molar-refractivity contribution in [3.63, 3.8) is 0 Å². The van der Waals surface area contributed by atoms with Gasteiger partial charge in [0.15, 0.2) is 0 Å². The number of hydrogen-bond acceptors (Lipinski definition) is 3. The maximum atomic E-state index is 12.0. The molecule has 1 aliphatic rings. The van der Waals surface area contributed by atoms with Crippen molar-refractivity contribution in [1.82, 2.24) is 14.9 Å². The Balaban J connectivity index is 1.74. The Bertz CT molecular complexity index is 390. The Morgan fingerprint density at radius 3 is 3.00 bits per heavy atom. The highest BCUT2D eigenvalue weighted by Crippen LogP contribution is 2.25. The number of carbonyl (C=O) groups excluding carboxylic acids is 1. The van der Waals surface area contributed by atoms with Gasteiger partial charge in [-0.1, -0.05) is 12.8 Å². The molecule has 1 aromatic rings. The fourth-order valence-corrected chi connectivity index (χ4v) is 2.82. The zero-order chi connectivity index (χ0) is 13.7. The minimum atomic E-state index is 0.113. The van der Waals surface area contributed by atoms with Gasteiger partial charge in [0.25, 0.3) is 0 Å². The fourth-order valence-electron chi connectivity index (χ4n) is 2.82. The van der Waals surface area contributed by atoms with Crippen LogP contribution >= 0.6 is 0 Å². The van der Waals surface area contributed by atoms with E-state index in [9.17, 15) is 4.79 Å². The molecule has 1 amide bonds. The van der Waals surface area contributed by atoms with Crippen LogP contribution in [0.5, 0.6) is 0 Å². The van der Waals surface area contributed by atoms with Gasteiger partial charge in [0.1, 0.15) is 0 Å². The van der Waals surface area contributed by atoms with Crippen molar-refractivity contribution < 1.29 is 4.79 Å². The summed E-state index contributed by atoms with van der Waals surface area (Å²) in [4.78, 5) is 16.0. The number of carbonyl (C=O) groups is 1. The van der Waals surface area contributed by atoms with E-state index in [1.54, 1.807) is 12.5 Å². The van der Waals surface area contributed by atoms with Crippen molar-refractivity contribution in [2.24, 2.45) is 11.7 Å². The molecule has 1 aliphatic carbocycles. The minimum absolute atomic E-state index is 0.113. The van der Waals surface area contributed by atoms with Crippen LogP contribution in [0.25, 0.3) is 0 Å². The third kappa shape index (κ3) is 4.35. The zero-order valence-corrected chi connectivity index (χ0v) is 11.6. The average Bonchev–Trinajstić information content (AvgIpc) is 2.84. The van der Waals surface area contributed by atoms with Gasteiger partial charge >= 0.3 is 0 Å². The van der Waals surface area contributed by atoms with Crippen LogP contribution in [0.1, 0.15) is 39.0 Å². The molecule has 3 unspecified atom stereocenters. The summed E-state index contributed by atoms with van der Waals surface area (Å²) < 4.78 is 1.97. The standard InChI is InChI=1S/C14H24N4O/c1-11(9-18-7-6-16-10-18)17-14(19)8-12-4-2-3-5-13(12)15/h6-7,10-13H,2-5,8-9,15H2,1H3,(H,17,19). The first-order valence-electron chi connectivity index (χ1n) is 7.16. The molecule has 0 radical (unpaired) electrons. The van der Waals surface area contributed by atoms with Gasteiger partial charge in [-0.15, -0.1) is 0 Å². The first kappa shape index (κ1) is 14.1. The van der Waals surface area contributed by atoms with Crippen LogP contribution in [0.4, 0.5) is 0 Å². The lowest BCUT2D eigenvalue weighted by molar-refractivity contribution is -0.123. The van der Waals surface area contributed by atoms with Gasteiger partial charge in [-0.3, -0.25) is 4.79 Å². The van der Waals surface area contributed by atoms with Gasteiger partial charge in [0, 0.05) is 37.4 Å². The molecule has 1 saturated carbocycles. The highest BCUT2D eigenvalue weighted by molar-refractivity contribution is 5.76. The zero-order valence-electron chi connectivity index (χ0n) is 11.6. The highest BCUT2D eigenvalue weighted by Gasteiger charge is 2.24. The van der Waals surface area contributed by atoms with E-state index in [2.05, 4.69) is 10.3 Å². The maximum Gasteiger partial charge on any atom is 0.220 e. The van der Waals surface area contributed by atoms with Crippen molar-refractivity contribution in [2.75, 3.05) is 0 Å². The number of nitrogens with two attached hydrogens (primary N) is 1. The van der Waals surface area contributed by atoms with Crippen LogP contribution < -0.4 is 11.1 Å². The van der Waals surface area contributed by atoms with Crippen molar-refractivity contribution in [3.05, 3.63) is 18.7 Å². The largest absolute Gasteiger partial charge is 0.352 e. The molecule has 5 nitrogen and oxygen atoms in total. The van der Waals surface area contributed by atoms with Crippen molar-refractivity contribution in [1.29, 1.82) is 0 Å². The molecule has 0 bridgehead atoms. The predicted octanol–water partition coefficient (Wildman–Crippen LogP) is 1.30. The third-order valence-electron chi connectivity index (χ3n) is 3.87. The summed E-state index contributed by atoms with van der Waals surface area (Å²) in [7, 11) is 0. The predicted molar refractivity (Wildman–Crippen MR) is 74.4 cm³/mol. The van der Waals surface area contributed by atoms with Crippen LogP contribution in [-0.4, -0.2) is 27.5 Å². The maximum absolute atomic E-state index is 12.0. The molecular formula is C14H24N4O. The molecule has 0 aliphatic heterocycles. The molecular weight excluding hydrogens is 240 g/mol. The van der Waals surface area contributed by atoms with Crippen LogP contribution in [-0.2, 0) is 11.3 Å². The number of aromatic nitrogens is 2. The second kappa shape index (κ2) is 6.70. The van der Waals surface area contributed by atoms with Crippen molar-refractivity contribution >= 4 is 5.91 Å². The van der Waals surface area contributed by atoms with Crippen LogP contribution in [0.2, 0.25) is 0 Å². The summed E-state index contributed by atoms with van der Waals surface area (Å²) >= 11 is 0. The summed E-state index contributed by atoms with van der Waals surface area (Å²) in [5.41, 5.74) is 6.08. The molecule has 3 atom stereocenters. The molecule has 0 aromatic carbocycles. The number of hydrogen-bond donors (Lipinski definition) is 2. The van der Waals surface area contributed by atoms with E-state index in [1.807, 2.05) is 17.7 Å². The van der Waals surface area contributed by atoms with E-state index in [4.69, 9.17) is 5.73 Å². The molecule has 0 spiro atoms. The Hall–Kier alpha value is -1.36. The second-order valence-electron chi connectivity index (χ2n) is 5.64. The SMILES string of the molecule is CC(Cn1ccnc1)NC(=O)CC1CCCCC1N. The summed E-state index contributed by atoms with van der Waals surface area (Å²) in [6.45, 7) is 2.77. The first-order valence-corrected chi connectivity index (χ1v) is 7.16. The van der Waals surface area contributed by atoms with Crippen molar-refractivity contribution in [3.8, 4) is 0 Å². The van der Waals surface area contributed by atoms with E-state index >= 15 is 0 Å². The van der Waals surface area contributed by atoms with E-state index in [0.29, 0.717) is 12.3 Å². The lowest BCUT2D eigenvalue weighted by atomic mass is 9.83. The van der Waals surface area contributed by atoms with Gasteiger partial charge in [0.2, 0.25) is 5.91 Å². The van der Waals surface area contributed by atoms with E-state index in [1.165, 1.54) is 12.8 Å². The second-order valence-corrected chi connectivity index (χ2v) is 5.64. The van der Waals surface area contributed by atoms with Crippen molar-refractivity contribution in [2.45, 2.75) is 57.7 Å². The molecule has 106 valence electrons. The Morgan fingerprint density at radius 1 is 1.53 bits per heavy atom. The quantitative estimate of drug-likeness (QED) is 0.842. The topological polar surface area (TPSA) is 72.9 Å². The van der Waals surface area contributed by atoms with Gasteiger partial charge in [-0.2, -0.15) is 0 Å². The Labute approximate surface area is 114 Å². The molecule has 19 heavy (non-hydrogen) atoms. The smallest absolute Gasteiger partial charge is 0.220 e. The van der Waals surface area contributed by atoms with E-state index in [0.717, 1.165) is 19.4 Å². The number of nitrogens with zero attached hydrogens (tertiary/aromatic N) is 2. The minimum Gasteiger partial charge on any atom is -0.352 e. The van der Waals surface area contributed by atoms with Crippen LogP contribution in [0, 0.1) is 5.92 Å². The van der Waals surface area contributed by atoms with Crippen LogP contribution in [0.15, 0.2) is 18.7 Å². The lowest BCUT2D eigenvalue weighted by Gasteiger charge is -2.28. The Morgan fingerprint density at radius 2 is 2.32 bits per heavy atom. The summed E-state index contributed by atoms with van der Waals surface area (Å²) in [6.07, 6.45) is 10.5. The van der Waals surface area contributed by atoms with Crippen LogP contribution in [0.3, 0.4) is 0 Å². The summed E-state index contributed by atoms with van der Waals surface area (Å²) in [5.74, 6) is 0.476. The highest BCUT2D eigenvalue weighted by atomic mass is 16.1. The van der Waals surface area contributed by atoms with Gasteiger partial charge in [-0.25, -0.2) is 4.98 Å². The number of rotatable bonds is 5. The summed E-state index contributed by atoms with van der Waals surface area (Å²) in [5, 5.41) is 3.04. The molecule has 1 heterocycles.